The summed E-state index contributed by atoms with van der Waals surface area (Å²) in [5.74, 6) is -0.216. The number of carbonyl (C=O) groups excluding carboxylic acids is 1. The number of rotatable bonds is 7. The van der Waals surface area contributed by atoms with Gasteiger partial charge in [0.2, 0.25) is 0 Å². The van der Waals surface area contributed by atoms with Gasteiger partial charge in [-0.2, -0.15) is 0 Å². The van der Waals surface area contributed by atoms with E-state index in [1.807, 2.05) is 0 Å². The van der Waals surface area contributed by atoms with E-state index in [1.165, 1.54) is 35.3 Å². The largest absolute Gasteiger partial charge is 0.345 e. The van der Waals surface area contributed by atoms with Gasteiger partial charge >= 0.3 is 0 Å². The van der Waals surface area contributed by atoms with Crippen molar-refractivity contribution in [1.82, 2.24) is 5.32 Å². The summed E-state index contributed by atoms with van der Waals surface area (Å²) in [5, 5.41) is 3.14. The van der Waals surface area contributed by atoms with E-state index in [0.717, 1.165) is 24.8 Å². The molecule has 0 aliphatic heterocycles. The highest BCUT2D eigenvalue weighted by Crippen LogP contribution is 2.27. The van der Waals surface area contributed by atoms with Gasteiger partial charge in [-0.25, -0.2) is 8.42 Å². The lowest BCUT2D eigenvalue weighted by molar-refractivity contribution is 0.0935. The van der Waals surface area contributed by atoms with Crippen LogP contribution in [0.25, 0.3) is 0 Å². The van der Waals surface area contributed by atoms with E-state index in [2.05, 4.69) is 30.4 Å². The molecule has 3 aromatic rings. The topological polar surface area (TPSA) is 66.5 Å². The fourth-order valence-electron chi connectivity index (χ4n) is 4.37. The molecule has 1 N–H and O–H groups in total. The lowest BCUT2D eigenvalue weighted by Crippen LogP contribution is -2.29. The molecule has 5 nitrogen and oxygen atoms in total. The van der Waals surface area contributed by atoms with Crippen LogP contribution in [0.4, 0.5) is 5.69 Å². The first-order valence-electron chi connectivity index (χ1n) is 11.5. The molecule has 0 radical (unpaired) electrons. The smallest absolute Gasteiger partial charge is 0.264 e. The zero-order valence-electron chi connectivity index (χ0n) is 19.1. The Morgan fingerprint density at radius 2 is 1.67 bits per heavy atom. The molecule has 1 amide bonds. The molecule has 3 aromatic carbocycles. The fraction of sp³-hybridized carbons (Fsp3) is 0.296. The maximum absolute atomic E-state index is 13.1. The summed E-state index contributed by atoms with van der Waals surface area (Å²) < 4.78 is 27.1. The van der Waals surface area contributed by atoms with Gasteiger partial charge in [0.05, 0.1) is 16.6 Å². The van der Waals surface area contributed by atoms with Gasteiger partial charge in [-0.15, -0.1) is 0 Å². The van der Waals surface area contributed by atoms with E-state index in [-0.39, 0.29) is 16.8 Å². The maximum atomic E-state index is 13.1. The Hall–Kier alpha value is -3.12. The summed E-state index contributed by atoms with van der Waals surface area (Å²) in [6, 6.07) is 21.5. The lowest BCUT2D eigenvalue weighted by atomic mass is 9.88. The van der Waals surface area contributed by atoms with Gasteiger partial charge in [0, 0.05) is 12.6 Å². The Morgan fingerprint density at radius 1 is 0.939 bits per heavy atom. The van der Waals surface area contributed by atoms with E-state index in [1.54, 1.807) is 54.6 Å². The Bertz CT molecular complexity index is 1240. The highest BCUT2D eigenvalue weighted by atomic mass is 32.2. The molecule has 1 atom stereocenters. The predicted molar refractivity (Wildman–Crippen MR) is 132 cm³/mol. The molecule has 33 heavy (non-hydrogen) atoms. The first-order chi connectivity index (χ1) is 15.9. The van der Waals surface area contributed by atoms with E-state index in [9.17, 15) is 13.2 Å². The summed E-state index contributed by atoms with van der Waals surface area (Å²) in [6.07, 6.45) is 5.45. The zero-order chi connectivity index (χ0) is 23.4. The van der Waals surface area contributed by atoms with Gasteiger partial charge in [0.15, 0.2) is 0 Å². The van der Waals surface area contributed by atoms with Crippen molar-refractivity contribution in [2.24, 2.45) is 0 Å². The quantitative estimate of drug-likeness (QED) is 0.520. The molecule has 0 saturated carbocycles. The van der Waals surface area contributed by atoms with Crippen LogP contribution in [0.2, 0.25) is 0 Å². The van der Waals surface area contributed by atoms with E-state index < -0.39 is 10.0 Å². The van der Waals surface area contributed by atoms with Gasteiger partial charge in [-0.3, -0.25) is 9.10 Å². The van der Waals surface area contributed by atoms with Crippen LogP contribution in [-0.2, 0) is 22.9 Å². The number of nitrogens with one attached hydrogen (secondary N) is 1. The number of amides is 1. The van der Waals surface area contributed by atoms with Gasteiger partial charge in [-0.05, 0) is 79.1 Å². The maximum Gasteiger partial charge on any atom is 0.264 e. The highest BCUT2D eigenvalue weighted by molar-refractivity contribution is 7.92. The second-order valence-corrected chi connectivity index (χ2v) is 10.5. The molecule has 0 saturated heterocycles. The average molecular weight is 463 g/mol. The number of sulfonamides is 1. The second-order valence-electron chi connectivity index (χ2n) is 8.51. The molecule has 0 aromatic heterocycles. The molecule has 1 aliphatic carbocycles. The third-order valence-corrected chi connectivity index (χ3v) is 8.16. The Labute approximate surface area is 196 Å². The summed E-state index contributed by atoms with van der Waals surface area (Å²) in [4.78, 5) is 13.3. The minimum Gasteiger partial charge on any atom is -0.345 e. The molecular weight excluding hydrogens is 432 g/mol. The SMILES string of the molecule is CC[C@@H](NC(=O)c1cccc(N(C)S(=O)(=O)c2ccccc2)c1)c1ccc2c(c1)CCCC2. The number of nitrogens with zero attached hydrogens (tertiary/aromatic N) is 1. The highest BCUT2D eigenvalue weighted by Gasteiger charge is 2.22. The minimum atomic E-state index is -3.71. The van der Waals surface area contributed by atoms with Crippen molar-refractivity contribution < 1.29 is 13.2 Å². The Kier molecular flexibility index (Phi) is 6.84. The van der Waals surface area contributed by atoms with Crippen LogP contribution in [0.5, 0.6) is 0 Å². The fourth-order valence-corrected chi connectivity index (χ4v) is 5.57. The summed E-state index contributed by atoms with van der Waals surface area (Å²) in [7, 11) is -2.21. The molecule has 1 aliphatic rings. The average Bonchev–Trinajstić information content (AvgIpc) is 2.87. The predicted octanol–water partition coefficient (Wildman–Crippen LogP) is 5.27. The first kappa shape index (κ1) is 23.1. The minimum absolute atomic E-state index is 0.0980. The summed E-state index contributed by atoms with van der Waals surface area (Å²) >= 11 is 0. The third-order valence-electron chi connectivity index (χ3n) is 6.36. The lowest BCUT2D eigenvalue weighted by Gasteiger charge is -2.22. The van der Waals surface area contributed by atoms with Crippen molar-refractivity contribution in [2.45, 2.75) is 50.0 Å². The molecule has 0 unspecified atom stereocenters. The van der Waals surface area contributed by atoms with Crippen LogP contribution >= 0.6 is 0 Å². The van der Waals surface area contributed by atoms with E-state index in [0.29, 0.717) is 11.3 Å². The van der Waals surface area contributed by atoms with Crippen LogP contribution in [0.3, 0.4) is 0 Å². The monoisotopic (exact) mass is 462 g/mol. The Balaban J connectivity index is 1.54. The number of fused-ring (bicyclic) bond motifs is 1. The van der Waals surface area contributed by atoms with Crippen LogP contribution in [0, 0.1) is 0 Å². The third kappa shape index (κ3) is 4.96. The number of benzene rings is 3. The van der Waals surface area contributed by atoms with Crippen LogP contribution in [0.15, 0.2) is 77.7 Å². The van der Waals surface area contributed by atoms with Gasteiger partial charge < -0.3 is 5.32 Å². The van der Waals surface area contributed by atoms with E-state index >= 15 is 0 Å². The molecule has 172 valence electrons. The van der Waals surface area contributed by atoms with E-state index in [4.69, 9.17) is 0 Å². The zero-order valence-corrected chi connectivity index (χ0v) is 19.9. The molecule has 4 rings (SSSR count). The summed E-state index contributed by atoms with van der Waals surface area (Å²) in [6.45, 7) is 2.06. The first-order valence-corrected chi connectivity index (χ1v) is 12.9. The molecule has 0 fully saturated rings. The summed E-state index contributed by atoms with van der Waals surface area (Å²) in [5.41, 5.74) is 4.79. The molecule has 0 bridgehead atoms. The van der Waals surface area contributed by atoms with Crippen molar-refractivity contribution in [1.29, 1.82) is 0 Å². The van der Waals surface area contributed by atoms with Crippen molar-refractivity contribution in [3.8, 4) is 0 Å². The van der Waals surface area contributed by atoms with Crippen LogP contribution in [-0.4, -0.2) is 21.4 Å². The van der Waals surface area contributed by atoms with Gasteiger partial charge in [-0.1, -0.05) is 49.4 Å². The van der Waals surface area contributed by atoms with Gasteiger partial charge in [0.1, 0.15) is 0 Å². The van der Waals surface area contributed by atoms with Gasteiger partial charge in [0.25, 0.3) is 15.9 Å². The number of aryl methyl sites for hydroxylation is 2. The molecule has 0 heterocycles. The standard InChI is InChI=1S/C27H30N2O3S/c1-3-26(22-17-16-20-10-7-8-11-21(20)18-22)28-27(30)23-12-9-13-24(19-23)29(2)33(31,32)25-14-5-4-6-15-25/h4-6,9,12-19,26H,3,7-8,10-11H2,1-2H3,(H,28,30)/t26-/m1/s1. The van der Waals surface area contributed by atoms with Crippen LogP contribution < -0.4 is 9.62 Å². The second kappa shape index (κ2) is 9.79. The number of hydrogen-bond acceptors (Lipinski definition) is 3. The van der Waals surface area contributed by atoms with Crippen molar-refractivity contribution >= 4 is 21.6 Å². The molecule has 6 heteroatoms. The van der Waals surface area contributed by atoms with Crippen molar-refractivity contribution in [2.75, 3.05) is 11.4 Å². The molecule has 0 spiro atoms. The van der Waals surface area contributed by atoms with Crippen molar-refractivity contribution in [3.63, 3.8) is 0 Å². The van der Waals surface area contributed by atoms with Crippen molar-refractivity contribution in [3.05, 3.63) is 95.1 Å². The number of carbonyl (C=O) groups is 1. The number of anilines is 1. The number of hydrogen-bond donors (Lipinski definition) is 1. The molecular formula is C27H30N2O3S. The Morgan fingerprint density at radius 3 is 2.39 bits per heavy atom. The van der Waals surface area contributed by atoms with Crippen LogP contribution in [0.1, 0.15) is 59.3 Å². The normalized spacial score (nSPS) is 14.2.